The number of hydrogen-bond donors (Lipinski definition) is 3. The van der Waals surface area contributed by atoms with Crippen LogP contribution in [0.4, 0.5) is 15.4 Å². The van der Waals surface area contributed by atoms with Gasteiger partial charge in [-0.05, 0) is 40.5 Å². The molecule has 1 aliphatic heterocycles. The lowest BCUT2D eigenvalue weighted by molar-refractivity contribution is 0.0499. The summed E-state index contributed by atoms with van der Waals surface area (Å²) in [4.78, 5) is 33.1. The highest BCUT2D eigenvalue weighted by Gasteiger charge is 2.28. The van der Waals surface area contributed by atoms with Gasteiger partial charge in [0.2, 0.25) is 0 Å². The number of nitrogens with zero attached hydrogens (tertiary/aromatic N) is 2. The number of rotatable bonds is 5. The Morgan fingerprint density at radius 1 is 1.48 bits per heavy atom. The summed E-state index contributed by atoms with van der Waals surface area (Å²) in [6.45, 7) is 7.80. The van der Waals surface area contributed by atoms with E-state index in [0.717, 1.165) is 12.1 Å². The van der Waals surface area contributed by atoms with Crippen LogP contribution < -0.4 is 15.5 Å². The second kappa shape index (κ2) is 7.58. The third kappa shape index (κ3) is 4.98. The number of hydrogen-bond acceptors (Lipinski definition) is 4. The molecule has 8 heteroatoms. The average Bonchev–Trinajstić information content (AvgIpc) is 2.93. The third-order valence-corrected chi connectivity index (χ3v) is 3.69. The van der Waals surface area contributed by atoms with Crippen molar-refractivity contribution in [2.24, 2.45) is 0 Å². The topological polar surface area (TPSA) is 99.3 Å². The maximum atomic E-state index is 12.2. The lowest BCUT2D eigenvalue weighted by Crippen LogP contribution is -2.41. The Balaban J connectivity index is 2.19. The number of alkyl carbamates (subject to hydrolysis) is 1. The van der Waals surface area contributed by atoms with Gasteiger partial charge in [0.05, 0.1) is 18.3 Å². The number of carbonyl (C=O) groups is 2. The van der Waals surface area contributed by atoms with Crippen LogP contribution in [-0.4, -0.2) is 34.7 Å². The third-order valence-electron chi connectivity index (χ3n) is 3.69. The molecule has 2 rings (SSSR count). The fourth-order valence-corrected chi connectivity index (χ4v) is 2.52. The van der Waals surface area contributed by atoms with Crippen LogP contribution in [0.3, 0.4) is 0 Å². The Bertz CT molecular complexity index is 660. The highest BCUT2D eigenvalue weighted by atomic mass is 16.6. The summed E-state index contributed by atoms with van der Waals surface area (Å²) in [5, 5.41) is 5.63. The monoisotopic (exact) mass is 349 g/mol. The van der Waals surface area contributed by atoms with Gasteiger partial charge in [-0.2, -0.15) is 0 Å². The summed E-state index contributed by atoms with van der Waals surface area (Å²) < 4.78 is 5.35. The van der Waals surface area contributed by atoms with Crippen LogP contribution in [0, 0.1) is 0 Å². The first-order valence-corrected chi connectivity index (χ1v) is 8.42. The molecule has 2 heterocycles. The zero-order chi connectivity index (χ0) is 18.6. The first-order chi connectivity index (χ1) is 11.7. The van der Waals surface area contributed by atoms with E-state index in [0.29, 0.717) is 24.6 Å². The Kier molecular flexibility index (Phi) is 5.71. The molecule has 1 aliphatic rings. The van der Waals surface area contributed by atoms with Crippen molar-refractivity contribution in [1.82, 2.24) is 20.6 Å². The average molecular weight is 349 g/mol. The van der Waals surface area contributed by atoms with E-state index in [1.165, 1.54) is 4.90 Å². The maximum absolute atomic E-state index is 12.2. The SMILES string of the molecule is C/C=C\CCC(NC(=O)OC(C)(C)C)c1nc2c([nH]1)CNC(=O)N2C. The van der Waals surface area contributed by atoms with Crippen molar-refractivity contribution in [2.45, 2.75) is 58.7 Å². The zero-order valence-corrected chi connectivity index (χ0v) is 15.5. The van der Waals surface area contributed by atoms with Gasteiger partial charge in [0.25, 0.3) is 0 Å². The Labute approximate surface area is 148 Å². The number of carbonyl (C=O) groups excluding carboxylic acids is 2. The zero-order valence-electron chi connectivity index (χ0n) is 15.5. The molecule has 0 radical (unpaired) electrons. The van der Waals surface area contributed by atoms with E-state index in [1.807, 2.05) is 39.8 Å². The van der Waals surface area contributed by atoms with Crippen molar-refractivity contribution in [3.05, 3.63) is 23.7 Å². The maximum Gasteiger partial charge on any atom is 0.408 e. The molecule has 0 aromatic carbocycles. The van der Waals surface area contributed by atoms with E-state index in [-0.39, 0.29) is 12.1 Å². The van der Waals surface area contributed by atoms with E-state index in [2.05, 4.69) is 20.6 Å². The second-order valence-electron chi connectivity index (χ2n) is 6.99. The minimum absolute atomic E-state index is 0.198. The van der Waals surface area contributed by atoms with Crippen LogP contribution >= 0.6 is 0 Å². The number of amides is 3. The first-order valence-electron chi connectivity index (χ1n) is 8.42. The molecule has 0 fully saturated rings. The molecule has 8 nitrogen and oxygen atoms in total. The lowest BCUT2D eigenvalue weighted by atomic mass is 10.1. The highest BCUT2D eigenvalue weighted by molar-refractivity contribution is 5.92. The van der Waals surface area contributed by atoms with Gasteiger partial charge in [0.1, 0.15) is 11.4 Å². The number of urea groups is 1. The van der Waals surface area contributed by atoms with Gasteiger partial charge in [-0.25, -0.2) is 14.6 Å². The smallest absolute Gasteiger partial charge is 0.408 e. The molecule has 138 valence electrons. The predicted molar refractivity (Wildman–Crippen MR) is 95.4 cm³/mol. The molecule has 3 N–H and O–H groups in total. The molecule has 0 saturated carbocycles. The number of ether oxygens (including phenoxy) is 1. The van der Waals surface area contributed by atoms with Gasteiger partial charge in [0, 0.05) is 7.05 Å². The molecule has 0 saturated heterocycles. The summed E-state index contributed by atoms with van der Waals surface area (Å²) in [6, 6.07) is -0.531. The molecule has 0 spiro atoms. The van der Waals surface area contributed by atoms with Gasteiger partial charge in [-0.1, -0.05) is 12.2 Å². The lowest BCUT2D eigenvalue weighted by Gasteiger charge is -2.22. The molecule has 1 aromatic heterocycles. The summed E-state index contributed by atoms with van der Waals surface area (Å²) in [6.07, 6.45) is 4.96. The summed E-state index contributed by atoms with van der Waals surface area (Å²) >= 11 is 0. The molecule has 0 bridgehead atoms. The Morgan fingerprint density at radius 3 is 2.84 bits per heavy atom. The summed E-state index contributed by atoms with van der Waals surface area (Å²) in [5.41, 5.74) is 0.246. The van der Waals surface area contributed by atoms with Gasteiger partial charge >= 0.3 is 12.1 Å². The fourth-order valence-electron chi connectivity index (χ4n) is 2.52. The Morgan fingerprint density at radius 2 is 2.20 bits per heavy atom. The summed E-state index contributed by atoms with van der Waals surface area (Å²) in [5.74, 6) is 1.20. The quantitative estimate of drug-likeness (QED) is 0.712. The molecular formula is C17H27N5O3. The predicted octanol–water partition coefficient (Wildman–Crippen LogP) is 2.99. The van der Waals surface area contributed by atoms with Crippen molar-refractivity contribution in [3.63, 3.8) is 0 Å². The van der Waals surface area contributed by atoms with Crippen LogP contribution in [0.2, 0.25) is 0 Å². The molecule has 25 heavy (non-hydrogen) atoms. The normalized spacial score (nSPS) is 15.7. The molecule has 0 aliphatic carbocycles. The van der Waals surface area contributed by atoms with Gasteiger partial charge in [0.15, 0.2) is 5.82 Å². The molecular weight excluding hydrogens is 322 g/mol. The van der Waals surface area contributed by atoms with Crippen molar-refractivity contribution in [3.8, 4) is 0 Å². The number of H-pyrrole nitrogens is 1. The van der Waals surface area contributed by atoms with Crippen LogP contribution in [0.15, 0.2) is 12.2 Å². The van der Waals surface area contributed by atoms with Crippen molar-refractivity contribution in [1.29, 1.82) is 0 Å². The molecule has 1 atom stereocenters. The van der Waals surface area contributed by atoms with Crippen LogP contribution in [0.25, 0.3) is 0 Å². The molecule has 1 aromatic rings. The second-order valence-corrected chi connectivity index (χ2v) is 6.99. The standard InChI is InChI=1S/C17H27N5O3/c1-6-7-8-9-11(20-16(24)25-17(2,3)4)13-19-12-10-18-15(23)22(5)14(12)21-13/h6-7,11H,8-10H2,1-5H3,(H,18,23)(H,19,21)(H,20,24)/b7-6-. The number of imidazole rings is 1. The number of nitrogens with one attached hydrogen (secondary N) is 3. The number of aromatic nitrogens is 2. The van der Waals surface area contributed by atoms with Crippen LogP contribution in [0.1, 0.15) is 58.1 Å². The largest absolute Gasteiger partial charge is 0.444 e. The van der Waals surface area contributed by atoms with Crippen LogP contribution in [-0.2, 0) is 11.3 Å². The van der Waals surface area contributed by atoms with Gasteiger partial charge < -0.3 is 20.4 Å². The first kappa shape index (κ1) is 18.8. The molecule has 1 unspecified atom stereocenters. The van der Waals surface area contributed by atoms with Gasteiger partial charge in [-0.3, -0.25) is 4.90 Å². The van der Waals surface area contributed by atoms with Crippen molar-refractivity contribution < 1.29 is 14.3 Å². The van der Waals surface area contributed by atoms with Crippen LogP contribution in [0.5, 0.6) is 0 Å². The van der Waals surface area contributed by atoms with E-state index in [1.54, 1.807) is 7.05 Å². The highest BCUT2D eigenvalue weighted by Crippen LogP contribution is 2.25. The number of aromatic amines is 1. The van der Waals surface area contributed by atoms with Crippen molar-refractivity contribution in [2.75, 3.05) is 11.9 Å². The van der Waals surface area contributed by atoms with E-state index >= 15 is 0 Å². The summed E-state index contributed by atoms with van der Waals surface area (Å²) in [7, 11) is 1.66. The fraction of sp³-hybridized carbons (Fsp3) is 0.588. The minimum atomic E-state index is -0.573. The Hall–Kier alpha value is -2.51. The number of fused-ring (bicyclic) bond motifs is 1. The van der Waals surface area contributed by atoms with E-state index in [4.69, 9.17) is 4.74 Å². The van der Waals surface area contributed by atoms with Gasteiger partial charge in [-0.15, -0.1) is 0 Å². The number of anilines is 1. The van der Waals surface area contributed by atoms with E-state index in [9.17, 15) is 9.59 Å². The minimum Gasteiger partial charge on any atom is -0.444 e. The van der Waals surface area contributed by atoms with E-state index < -0.39 is 11.7 Å². The van der Waals surface area contributed by atoms with Crippen molar-refractivity contribution >= 4 is 17.9 Å². The molecule has 3 amide bonds. The number of allylic oxidation sites excluding steroid dienone is 2.